The SMILES string of the molecule is O=C1CCC2(CCCCC2)n2c1cc1cnc(NC3CCC(N4CCC(C(F)(F)F)CC4)CC3)nc12. The van der Waals surface area contributed by atoms with Crippen molar-refractivity contribution in [1.29, 1.82) is 0 Å². The van der Waals surface area contributed by atoms with Crippen LogP contribution in [-0.2, 0) is 5.54 Å². The number of hydrogen-bond acceptors (Lipinski definition) is 5. The zero-order valence-electron chi connectivity index (χ0n) is 20.8. The normalized spacial score (nSPS) is 27.9. The Morgan fingerprint density at radius 3 is 2.39 bits per heavy atom. The Morgan fingerprint density at radius 2 is 1.69 bits per heavy atom. The maximum absolute atomic E-state index is 13.0. The summed E-state index contributed by atoms with van der Waals surface area (Å²) in [6, 6.07) is 2.60. The molecule has 2 aliphatic carbocycles. The molecule has 0 aromatic carbocycles. The van der Waals surface area contributed by atoms with E-state index in [4.69, 9.17) is 4.98 Å². The van der Waals surface area contributed by atoms with Crippen molar-refractivity contribution < 1.29 is 18.0 Å². The molecule has 0 unspecified atom stereocenters. The molecule has 2 aliphatic heterocycles. The average molecular weight is 504 g/mol. The van der Waals surface area contributed by atoms with Crippen molar-refractivity contribution >= 4 is 22.8 Å². The third-order valence-corrected chi connectivity index (χ3v) is 9.44. The third kappa shape index (κ3) is 4.41. The third-order valence-electron chi connectivity index (χ3n) is 9.44. The number of hydrogen-bond donors (Lipinski definition) is 1. The largest absolute Gasteiger partial charge is 0.391 e. The molecule has 1 saturated heterocycles. The van der Waals surface area contributed by atoms with Crippen LogP contribution in [-0.4, -0.2) is 56.6 Å². The Kier molecular flexibility index (Phi) is 6.25. The second kappa shape index (κ2) is 9.30. The Labute approximate surface area is 210 Å². The number of likely N-dealkylation sites (tertiary alicyclic amines) is 1. The van der Waals surface area contributed by atoms with Gasteiger partial charge >= 0.3 is 6.18 Å². The summed E-state index contributed by atoms with van der Waals surface area (Å²) >= 11 is 0. The summed E-state index contributed by atoms with van der Waals surface area (Å²) in [5.74, 6) is -0.320. The van der Waals surface area contributed by atoms with E-state index in [1.54, 1.807) is 0 Å². The van der Waals surface area contributed by atoms with Gasteiger partial charge in [0.05, 0.1) is 11.6 Å². The molecule has 1 N–H and O–H groups in total. The monoisotopic (exact) mass is 503 g/mol. The van der Waals surface area contributed by atoms with Crippen LogP contribution in [0.2, 0.25) is 0 Å². The number of rotatable bonds is 3. The molecule has 6 nitrogen and oxygen atoms in total. The van der Waals surface area contributed by atoms with E-state index in [-0.39, 0.29) is 30.2 Å². The van der Waals surface area contributed by atoms with Gasteiger partial charge in [0, 0.05) is 35.6 Å². The van der Waals surface area contributed by atoms with Crippen LogP contribution >= 0.6 is 0 Å². The minimum Gasteiger partial charge on any atom is -0.351 e. The molecule has 2 aromatic rings. The van der Waals surface area contributed by atoms with Gasteiger partial charge in [-0.25, -0.2) is 4.98 Å². The number of anilines is 1. The fourth-order valence-electron chi connectivity index (χ4n) is 7.37. The number of piperidine rings is 1. The first-order chi connectivity index (χ1) is 17.3. The molecule has 36 heavy (non-hydrogen) atoms. The van der Waals surface area contributed by atoms with Gasteiger partial charge in [0.2, 0.25) is 5.95 Å². The van der Waals surface area contributed by atoms with E-state index in [2.05, 4.69) is 19.8 Å². The van der Waals surface area contributed by atoms with Crippen LogP contribution in [0.25, 0.3) is 11.0 Å². The predicted molar refractivity (Wildman–Crippen MR) is 132 cm³/mol. The van der Waals surface area contributed by atoms with Crippen molar-refractivity contribution in [1.82, 2.24) is 19.4 Å². The lowest BCUT2D eigenvalue weighted by Gasteiger charge is -2.42. The van der Waals surface area contributed by atoms with Crippen LogP contribution in [0.5, 0.6) is 0 Å². The van der Waals surface area contributed by atoms with Gasteiger partial charge in [0.15, 0.2) is 5.78 Å². The van der Waals surface area contributed by atoms with Gasteiger partial charge in [0.25, 0.3) is 0 Å². The summed E-state index contributed by atoms with van der Waals surface area (Å²) in [5.41, 5.74) is 1.67. The number of carbonyl (C=O) groups excluding carboxylic acids is 1. The first kappa shape index (κ1) is 24.2. The summed E-state index contributed by atoms with van der Waals surface area (Å²) in [6.07, 6.45) is 9.49. The highest BCUT2D eigenvalue weighted by Crippen LogP contribution is 2.45. The Balaban J connectivity index is 1.13. The first-order valence-electron chi connectivity index (χ1n) is 13.8. The molecular formula is C27H36F3N5O. The van der Waals surface area contributed by atoms with Crippen molar-refractivity contribution in [2.24, 2.45) is 5.92 Å². The van der Waals surface area contributed by atoms with Crippen molar-refractivity contribution in [3.63, 3.8) is 0 Å². The molecule has 1 spiro atoms. The second-order valence-electron chi connectivity index (χ2n) is 11.5. The van der Waals surface area contributed by atoms with Gasteiger partial charge in [-0.3, -0.25) is 4.79 Å². The minimum absolute atomic E-state index is 0.00644. The molecule has 0 bridgehead atoms. The molecule has 2 saturated carbocycles. The van der Waals surface area contributed by atoms with Crippen LogP contribution in [0.15, 0.2) is 12.3 Å². The lowest BCUT2D eigenvalue weighted by molar-refractivity contribution is -0.186. The lowest BCUT2D eigenvalue weighted by atomic mass is 9.75. The number of ketones is 1. The van der Waals surface area contributed by atoms with E-state index in [1.165, 1.54) is 19.3 Å². The highest BCUT2D eigenvalue weighted by Gasteiger charge is 2.43. The number of fused-ring (bicyclic) bond motifs is 4. The number of alkyl halides is 3. The first-order valence-corrected chi connectivity index (χ1v) is 13.8. The Morgan fingerprint density at radius 1 is 0.972 bits per heavy atom. The number of halogens is 3. The highest BCUT2D eigenvalue weighted by molar-refractivity contribution is 6.00. The fraction of sp³-hybridized carbons (Fsp3) is 0.741. The average Bonchev–Trinajstić information content (AvgIpc) is 3.28. The van der Waals surface area contributed by atoms with Gasteiger partial charge in [-0.05, 0) is 76.9 Å². The quantitative estimate of drug-likeness (QED) is 0.551. The topological polar surface area (TPSA) is 63.1 Å². The van der Waals surface area contributed by atoms with Gasteiger partial charge in [0.1, 0.15) is 5.65 Å². The van der Waals surface area contributed by atoms with Gasteiger partial charge < -0.3 is 14.8 Å². The number of carbonyl (C=O) groups is 1. The summed E-state index contributed by atoms with van der Waals surface area (Å²) in [6.45, 7) is 1.10. The van der Waals surface area contributed by atoms with E-state index < -0.39 is 12.1 Å². The van der Waals surface area contributed by atoms with Crippen molar-refractivity contribution in [3.8, 4) is 0 Å². The van der Waals surface area contributed by atoms with Gasteiger partial charge in [-0.1, -0.05) is 19.3 Å². The van der Waals surface area contributed by atoms with E-state index in [0.717, 1.165) is 61.7 Å². The molecule has 6 rings (SSSR count). The number of nitrogens with zero attached hydrogens (tertiary/aromatic N) is 4. The molecular weight excluding hydrogens is 467 g/mol. The van der Waals surface area contributed by atoms with Gasteiger partial charge in [-0.2, -0.15) is 18.2 Å². The van der Waals surface area contributed by atoms with E-state index in [1.807, 2.05) is 12.3 Å². The van der Waals surface area contributed by atoms with Crippen molar-refractivity contribution in [2.45, 2.75) is 107 Å². The zero-order valence-corrected chi connectivity index (χ0v) is 20.8. The van der Waals surface area contributed by atoms with Crippen molar-refractivity contribution in [2.75, 3.05) is 18.4 Å². The molecule has 196 valence electrons. The predicted octanol–water partition coefficient (Wildman–Crippen LogP) is 6.06. The van der Waals surface area contributed by atoms with E-state index in [9.17, 15) is 18.0 Å². The molecule has 0 atom stereocenters. The smallest absolute Gasteiger partial charge is 0.351 e. The molecule has 9 heteroatoms. The maximum atomic E-state index is 13.0. The van der Waals surface area contributed by atoms with E-state index in [0.29, 0.717) is 31.5 Å². The van der Waals surface area contributed by atoms with Crippen LogP contribution in [0.3, 0.4) is 0 Å². The number of aromatic nitrogens is 3. The Hall–Kier alpha value is -2.16. The van der Waals surface area contributed by atoms with Crippen LogP contribution in [0.4, 0.5) is 19.1 Å². The highest BCUT2D eigenvalue weighted by atomic mass is 19.4. The Bertz CT molecular complexity index is 1110. The van der Waals surface area contributed by atoms with Crippen LogP contribution in [0.1, 0.15) is 94.0 Å². The lowest BCUT2D eigenvalue weighted by Crippen LogP contribution is -2.46. The molecule has 4 aliphatic rings. The summed E-state index contributed by atoms with van der Waals surface area (Å²) in [5, 5.41) is 4.47. The van der Waals surface area contributed by atoms with Crippen molar-refractivity contribution in [3.05, 3.63) is 18.0 Å². The van der Waals surface area contributed by atoms with Crippen LogP contribution in [0, 0.1) is 5.92 Å². The van der Waals surface area contributed by atoms with E-state index >= 15 is 0 Å². The summed E-state index contributed by atoms with van der Waals surface area (Å²) < 4.78 is 41.3. The number of Topliss-reactive ketones (excluding diaryl/α,β-unsaturated/α-hetero) is 1. The molecule has 4 heterocycles. The van der Waals surface area contributed by atoms with Crippen LogP contribution < -0.4 is 5.32 Å². The maximum Gasteiger partial charge on any atom is 0.391 e. The molecule has 0 radical (unpaired) electrons. The molecule has 0 amide bonds. The fourth-order valence-corrected chi connectivity index (χ4v) is 7.37. The van der Waals surface area contributed by atoms with Gasteiger partial charge in [-0.15, -0.1) is 0 Å². The zero-order chi connectivity index (χ0) is 24.9. The number of nitrogens with one attached hydrogen (secondary N) is 1. The summed E-state index contributed by atoms with van der Waals surface area (Å²) in [7, 11) is 0. The standard InChI is InChI=1S/C27H36F3N5O/c28-27(29,30)19-9-14-34(15-10-19)21-6-4-20(5-7-21)32-25-31-17-18-16-22-23(36)8-13-26(11-2-1-3-12-26)35(22)24(18)33-25/h16-17,19-21H,1-15H2,(H,31,32,33). The minimum atomic E-state index is -4.06. The molecule has 2 aromatic heterocycles. The molecule has 3 fully saturated rings. The second-order valence-corrected chi connectivity index (χ2v) is 11.5. The summed E-state index contributed by atoms with van der Waals surface area (Å²) in [4.78, 5) is 24.6.